The van der Waals surface area contributed by atoms with Crippen molar-refractivity contribution in [3.8, 4) is 0 Å². The molecule has 1 aromatic heterocycles. The molecule has 0 N–H and O–H groups in total. The van der Waals surface area contributed by atoms with E-state index in [0.717, 1.165) is 16.9 Å². The zero-order valence-electron chi connectivity index (χ0n) is 15.6. The average Bonchev–Trinajstić information content (AvgIpc) is 2.64. The van der Waals surface area contributed by atoms with Crippen LogP contribution in [0.4, 0.5) is 5.69 Å². The summed E-state index contributed by atoms with van der Waals surface area (Å²) in [5, 5.41) is 0. The van der Waals surface area contributed by atoms with Crippen molar-refractivity contribution in [2.45, 2.75) is 13.5 Å². The number of ether oxygens (including phenoxy) is 3. The summed E-state index contributed by atoms with van der Waals surface area (Å²) in [5.74, 6) is -0.339. The normalized spacial score (nSPS) is 10.6. The van der Waals surface area contributed by atoms with Gasteiger partial charge in [0.1, 0.15) is 6.61 Å². The minimum absolute atomic E-state index is 0.216. The monoisotopic (exact) mass is 358 g/mol. The van der Waals surface area contributed by atoms with Gasteiger partial charge in [0.15, 0.2) is 0 Å². The van der Waals surface area contributed by atoms with Gasteiger partial charge in [-0.2, -0.15) is 0 Å². The molecule has 0 spiro atoms. The van der Waals surface area contributed by atoms with Gasteiger partial charge in [-0.15, -0.1) is 0 Å². The summed E-state index contributed by atoms with van der Waals surface area (Å²) in [6.45, 7) is 3.90. The second-order valence-corrected chi connectivity index (χ2v) is 6.02. The van der Waals surface area contributed by atoms with Gasteiger partial charge in [-0.1, -0.05) is 6.07 Å². The SMILES string of the molecule is Cc1cc(C(=O)OCCOCCOCc2ccccn2)ccc1N(C)C. The van der Waals surface area contributed by atoms with E-state index in [4.69, 9.17) is 14.2 Å². The topological polar surface area (TPSA) is 60.9 Å². The maximum absolute atomic E-state index is 12.0. The second kappa shape index (κ2) is 10.5. The lowest BCUT2D eigenvalue weighted by Gasteiger charge is -2.16. The van der Waals surface area contributed by atoms with Gasteiger partial charge in [-0.25, -0.2) is 4.79 Å². The maximum atomic E-state index is 12.0. The van der Waals surface area contributed by atoms with Crippen LogP contribution in [-0.4, -0.2) is 51.5 Å². The maximum Gasteiger partial charge on any atom is 0.338 e. The quantitative estimate of drug-likeness (QED) is 0.481. The lowest BCUT2D eigenvalue weighted by molar-refractivity contribution is 0.0112. The van der Waals surface area contributed by atoms with Crippen LogP contribution >= 0.6 is 0 Å². The van der Waals surface area contributed by atoms with Crippen LogP contribution in [0, 0.1) is 6.92 Å². The molecule has 6 nitrogen and oxygen atoms in total. The third-order valence-electron chi connectivity index (χ3n) is 3.72. The fourth-order valence-corrected chi connectivity index (χ4v) is 2.44. The van der Waals surface area contributed by atoms with E-state index >= 15 is 0 Å². The summed E-state index contributed by atoms with van der Waals surface area (Å²) in [4.78, 5) is 18.2. The molecular weight excluding hydrogens is 332 g/mol. The van der Waals surface area contributed by atoms with Crippen LogP contribution in [0.1, 0.15) is 21.6 Å². The van der Waals surface area contributed by atoms with Crippen LogP contribution in [0.3, 0.4) is 0 Å². The molecular formula is C20H26N2O4. The van der Waals surface area contributed by atoms with E-state index in [1.165, 1.54) is 0 Å². The Morgan fingerprint density at radius 2 is 1.81 bits per heavy atom. The Kier molecular flexibility index (Phi) is 8.05. The zero-order chi connectivity index (χ0) is 18.8. The summed E-state index contributed by atoms with van der Waals surface area (Å²) in [7, 11) is 3.94. The number of carbonyl (C=O) groups excluding carboxylic acids is 1. The molecule has 0 atom stereocenters. The van der Waals surface area contributed by atoms with Crippen molar-refractivity contribution in [2.24, 2.45) is 0 Å². The number of hydrogen-bond donors (Lipinski definition) is 0. The van der Waals surface area contributed by atoms with Crippen molar-refractivity contribution < 1.29 is 19.0 Å². The van der Waals surface area contributed by atoms with Gasteiger partial charge in [-0.3, -0.25) is 4.98 Å². The highest BCUT2D eigenvalue weighted by Crippen LogP contribution is 2.19. The lowest BCUT2D eigenvalue weighted by atomic mass is 10.1. The summed E-state index contributed by atoms with van der Waals surface area (Å²) in [5.41, 5.74) is 3.55. The molecule has 0 saturated carbocycles. The van der Waals surface area contributed by atoms with E-state index in [1.807, 2.05) is 56.3 Å². The molecule has 0 saturated heterocycles. The number of nitrogens with zero attached hydrogens (tertiary/aromatic N) is 2. The molecule has 0 unspecified atom stereocenters. The van der Waals surface area contributed by atoms with Crippen LogP contribution in [0.2, 0.25) is 0 Å². The average molecular weight is 358 g/mol. The lowest BCUT2D eigenvalue weighted by Crippen LogP contribution is -2.14. The number of pyridine rings is 1. The molecule has 140 valence electrons. The minimum Gasteiger partial charge on any atom is -0.460 e. The first-order valence-electron chi connectivity index (χ1n) is 8.58. The first kappa shape index (κ1) is 19.9. The molecule has 0 amide bonds. The van der Waals surface area contributed by atoms with E-state index in [-0.39, 0.29) is 12.6 Å². The van der Waals surface area contributed by atoms with E-state index in [9.17, 15) is 4.79 Å². The van der Waals surface area contributed by atoms with E-state index < -0.39 is 0 Å². The van der Waals surface area contributed by atoms with Gasteiger partial charge < -0.3 is 19.1 Å². The highest BCUT2D eigenvalue weighted by molar-refractivity contribution is 5.90. The van der Waals surface area contributed by atoms with Crippen molar-refractivity contribution in [1.29, 1.82) is 0 Å². The fourth-order valence-electron chi connectivity index (χ4n) is 2.44. The summed E-state index contributed by atoms with van der Waals surface area (Å²) in [6.07, 6.45) is 1.74. The number of anilines is 1. The van der Waals surface area contributed by atoms with Gasteiger partial charge in [0.05, 0.1) is 37.7 Å². The number of benzene rings is 1. The van der Waals surface area contributed by atoms with Crippen LogP contribution in [0.25, 0.3) is 0 Å². The Morgan fingerprint density at radius 1 is 1.04 bits per heavy atom. The van der Waals surface area contributed by atoms with Crippen molar-refractivity contribution >= 4 is 11.7 Å². The zero-order valence-corrected chi connectivity index (χ0v) is 15.6. The van der Waals surface area contributed by atoms with E-state index in [0.29, 0.717) is 32.0 Å². The van der Waals surface area contributed by atoms with E-state index in [2.05, 4.69) is 4.98 Å². The van der Waals surface area contributed by atoms with Crippen molar-refractivity contribution in [2.75, 3.05) is 45.4 Å². The molecule has 0 aliphatic rings. The smallest absolute Gasteiger partial charge is 0.338 e. The van der Waals surface area contributed by atoms with Gasteiger partial charge in [0, 0.05) is 26.0 Å². The largest absolute Gasteiger partial charge is 0.460 e. The van der Waals surface area contributed by atoms with Crippen molar-refractivity contribution in [3.05, 3.63) is 59.4 Å². The van der Waals surface area contributed by atoms with Gasteiger partial charge >= 0.3 is 5.97 Å². The second-order valence-electron chi connectivity index (χ2n) is 6.02. The van der Waals surface area contributed by atoms with Crippen LogP contribution in [-0.2, 0) is 20.8 Å². The van der Waals surface area contributed by atoms with Crippen molar-refractivity contribution in [1.82, 2.24) is 4.98 Å². The molecule has 2 aromatic rings. The number of rotatable bonds is 10. The Balaban J connectivity index is 1.58. The van der Waals surface area contributed by atoms with Crippen LogP contribution < -0.4 is 4.90 Å². The molecule has 0 bridgehead atoms. The molecule has 26 heavy (non-hydrogen) atoms. The third kappa shape index (κ3) is 6.46. The molecule has 0 aliphatic carbocycles. The van der Waals surface area contributed by atoms with Crippen LogP contribution in [0.15, 0.2) is 42.6 Å². The highest BCUT2D eigenvalue weighted by atomic mass is 16.6. The Bertz CT molecular complexity index is 689. The Morgan fingerprint density at radius 3 is 2.50 bits per heavy atom. The molecule has 0 radical (unpaired) electrons. The number of aromatic nitrogens is 1. The number of aryl methyl sites for hydroxylation is 1. The van der Waals surface area contributed by atoms with Gasteiger partial charge in [0.2, 0.25) is 0 Å². The summed E-state index contributed by atoms with van der Waals surface area (Å²) >= 11 is 0. The Labute approximate surface area is 154 Å². The number of esters is 1. The molecule has 0 aliphatic heterocycles. The highest BCUT2D eigenvalue weighted by Gasteiger charge is 2.09. The van der Waals surface area contributed by atoms with Gasteiger partial charge in [-0.05, 0) is 42.8 Å². The molecule has 0 fully saturated rings. The molecule has 1 aromatic carbocycles. The van der Waals surface area contributed by atoms with Crippen LogP contribution in [0.5, 0.6) is 0 Å². The number of hydrogen-bond acceptors (Lipinski definition) is 6. The molecule has 6 heteroatoms. The first-order valence-corrected chi connectivity index (χ1v) is 8.58. The Hall–Kier alpha value is -2.44. The summed E-state index contributed by atoms with van der Waals surface area (Å²) in [6, 6.07) is 11.2. The first-order chi connectivity index (χ1) is 12.6. The third-order valence-corrected chi connectivity index (χ3v) is 3.72. The predicted octanol–water partition coefficient (Wildman–Crippen LogP) is 2.85. The van der Waals surface area contributed by atoms with E-state index in [1.54, 1.807) is 12.3 Å². The minimum atomic E-state index is -0.339. The summed E-state index contributed by atoms with van der Waals surface area (Å²) < 4.78 is 16.1. The fraction of sp³-hybridized carbons (Fsp3) is 0.400. The van der Waals surface area contributed by atoms with Gasteiger partial charge in [0.25, 0.3) is 0 Å². The number of carbonyl (C=O) groups is 1. The standard InChI is InChI=1S/C20H26N2O4/c1-16-14-17(7-8-19(16)22(2)3)20(23)26-13-12-24-10-11-25-15-18-6-4-5-9-21-18/h4-9,14H,10-13,15H2,1-3H3. The predicted molar refractivity (Wildman–Crippen MR) is 101 cm³/mol. The van der Waals surface area contributed by atoms with Crippen molar-refractivity contribution in [3.63, 3.8) is 0 Å². The molecule has 1 heterocycles. The molecule has 2 rings (SSSR count).